The molecule has 0 aliphatic heterocycles. The van der Waals surface area contributed by atoms with Crippen molar-refractivity contribution < 1.29 is 32.3 Å². The first-order valence-corrected chi connectivity index (χ1v) is 12.9. The van der Waals surface area contributed by atoms with Gasteiger partial charge < -0.3 is 14.8 Å². The fraction of sp³-hybridized carbons (Fsp3) is 0.409. The second kappa shape index (κ2) is 9.83. The van der Waals surface area contributed by atoms with Crippen LogP contribution in [0.3, 0.4) is 0 Å². The van der Waals surface area contributed by atoms with Crippen molar-refractivity contribution >= 4 is 44.0 Å². The molecular formula is C22H25NO7S2. The molecule has 0 saturated heterocycles. The van der Waals surface area contributed by atoms with Crippen LogP contribution in [0.25, 0.3) is 0 Å². The molecule has 0 radical (unpaired) electrons. The Hall–Kier alpha value is -2.72. The van der Waals surface area contributed by atoms with Gasteiger partial charge >= 0.3 is 11.9 Å². The minimum absolute atomic E-state index is 0.0780. The van der Waals surface area contributed by atoms with E-state index in [9.17, 15) is 22.8 Å². The van der Waals surface area contributed by atoms with Crippen LogP contribution in [0.1, 0.15) is 51.4 Å². The van der Waals surface area contributed by atoms with E-state index < -0.39 is 34.3 Å². The predicted molar refractivity (Wildman–Crippen MR) is 120 cm³/mol. The molecule has 1 N–H and O–H groups in total. The van der Waals surface area contributed by atoms with Gasteiger partial charge in [-0.05, 0) is 61.9 Å². The van der Waals surface area contributed by atoms with E-state index in [1.807, 2.05) is 0 Å². The molecular weight excluding hydrogens is 454 g/mol. The summed E-state index contributed by atoms with van der Waals surface area (Å²) in [5.74, 6) is -1.32. The highest BCUT2D eigenvalue weighted by molar-refractivity contribution is 7.90. The normalized spacial score (nSPS) is 15.5. The minimum Gasteiger partial charge on any atom is -0.462 e. The number of carbonyl (C=O) groups is 3. The molecule has 0 saturated carbocycles. The average Bonchev–Trinajstić information content (AvgIpc) is 3.08. The van der Waals surface area contributed by atoms with Crippen LogP contribution in [-0.4, -0.2) is 45.7 Å². The Bertz CT molecular complexity index is 1130. The number of carbonyl (C=O) groups excluding carboxylic acids is 3. The first kappa shape index (κ1) is 23.9. The zero-order chi connectivity index (χ0) is 23.5. The molecule has 3 rings (SSSR count). The van der Waals surface area contributed by atoms with Gasteiger partial charge in [0, 0.05) is 11.1 Å². The van der Waals surface area contributed by atoms with Gasteiger partial charge in [0.1, 0.15) is 5.00 Å². The van der Waals surface area contributed by atoms with Crippen molar-refractivity contribution in [2.45, 2.75) is 38.0 Å². The number of anilines is 1. The summed E-state index contributed by atoms with van der Waals surface area (Å²) in [6.45, 7) is 3.54. The molecule has 1 amide bonds. The van der Waals surface area contributed by atoms with Crippen LogP contribution < -0.4 is 5.32 Å². The summed E-state index contributed by atoms with van der Waals surface area (Å²) in [7, 11) is -3.38. The number of rotatable bonds is 7. The summed E-state index contributed by atoms with van der Waals surface area (Å²) in [6.07, 6.45) is 3.60. The second-order valence-electron chi connectivity index (χ2n) is 7.70. The summed E-state index contributed by atoms with van der Waals surface area (Å²) in [5, 5.41) is 3.08. The number of benzene rings is 1. The molecule has 1 atom stereocenters. The molecule has 1 heterocycles. The maximum atomic E-state index is 12.5. The number of hydrogen-bond acceptors (Lipinski definition) is 8. The van der Waals surface area contributed by atoms with Gasteiger partial charge in [-0.25, -0.2) is 18.0 Å². The first-order valence-electron chi connectivity index (χ1n) is 10.2. The minimum atomic E-state index is -3.38. The maximum Gasteiger partial charge on any atom is 0.341 e. The van der Waals surface area contributed by atoms with E-state index in [4.69, 9.17) is 9.47 Å². The van der Waals surface area contributed by atoms with Crippen molar-refractivity contribution in [3.8, 4) is 0 Å². The number of ether oxygens (including phenoxy) is 2. The van der Waals surface area contributed by atoms with E-state index in [1.54, 1.807) is 6.92 Å². The lowest BCUT2D eigenvalue weighted by molar-refractivity contribution is -0.119. The molecule has 0 spiro atoms. The topological polar surface area (TPSA) is 116 Å². The summed E-state index contributed by atoms with van der Waals surface area (Å²) in [5.41, 5.74) is 1.43. The summed E-state index contributed by atoms with van der Waals surface area (Å²) < 4.78 is 33.2. The number of fused-ring (bicyclic) bond motifs is 1. The molecule has 0 bridgehead atoms. The Morgan fingerprint density at radius 2 is 1.81 bits per heavy atom. The average molecular weight is 480 g/mol. The van der Waals surface area contributed by atoms with Gasteiger partial charge in [-0.3, -0.25) is 4.79 Å². The summed E-state index contributed by atoms with van der Waals surface area (Å²) in [4.78, 5) is 38.3. The zero-order valence-electron chi connectivity index (χ0n) is 18.1. The Morgan fingerprint density at radius 1 is 1.12 bits per heavy atom. The van der Waals surface area contributed by atoms with E-state index in [-0.39, 0.29) is 17.1 Å². The van der Waals surface area contributed by atoms with Gasteiger partial charge in [-0.15, -0.1) is 11.3 Å². The number of hydrogen-bond donors (Lipinski definition) is 1. The van der Waals surface area contributed by atoms with Crippen LogP contribution in [0.2, 0.25) is 0 Å². The van der Waals surface area contributed by atoms with E-state index >= 15 is 0 Å². The number of amides is 1. The van der Waals surface area contributed by atoms with Gasteiger partial charge in [0.2, 0.25) is 0 Å². The standard InChI is InChI=1S/C22H25NO7S2/c1-4-29-22(26)19-16-10-5-13(2)11-17(16)31-20(19)23-18(24)12-30-21(25)14-6-8-15(9-7-14)32(3,27)28/h6-9,13H,4-5,10-12H2,1-3H3,(H,23,24)/t13-/m0/s1. The maximum absolute atomic E-state index is 12.5. The van der Waals surface area contributed by atoms with Gasteiger partial charge in [-0.2, -0.15) is 0 Å². The largest absolute Gasteiger partial charge is 0.462 e. The van der Waals surface area contributed by atoms with Crippen LogP contribution >= 0.6 is 11.3 Å². The molecule has 8 nitrogen and oxygen atoms in total. The predicted octanol–water partition coefficient (Wildman–Crippen LogP) is 3.25. The lowest BCUT2D eigenvalue weighted by atomic mass is 9.88. The van der Waals surface area contributed by atoms with Gasteiger partial charge in [0.25, 0.3) is 5.91 Å². The molecule has 2 aromatic rings. The van der Waals surface area contributed by atoms with Gasteiger partial charge in [0.15, 0.2) is 16.4 Å². The number of sulfone groups is 1. The molecule has 1 aliphatic rings. The quantitative estimate of drug-likeness (QED) is 0.606. The molecule has 1 aromatic carbocycles. The molecule has 172 valence electrons. The van der Waals surface area contributed by atoms with E-state index in [0.29, 0.717) is 16.5 Å². The fourth-order valence-corrected chi connectivity index (χ4v) is 5.52. The SMILES string of the molecule is CCOC(=O)c1c(NC(=O)COC(=O)c2ccc(S(C)(=O)=O)cc2)sc2c1CC[C@H](C)C2. The Kier molecular flexibility index (Phi) is 7.35. The third kappa shape index (κ3) is 5.55. The molecule has 0 fully saturated rings. The summed E-state index contributed by atoms with van der Waals surface area (Å²) in [6, 6.07) is 5.25. The monoisotopic (exact) mass is 479 g/mol. The second-order valence-corrected chi connectivity index (χ2v) is 10.8. The zero-order valence-corrected chi connectivity index (χ0v) is 19.7. The Labute approximate surface area is 190 Å². The van der Waals surface area contributed by atoms with Crippen molar-refractivity contribution in [2.24, 2.45) is 5.92 Å². The van der Waals surface area contributed by atoms with Crippen LogP contribution in [-0.2, 0) is 36.9 Å². The van der Waals surface area contributed by atoms with E-state index in [1.165, 1.54) is 35.6 Å². The lowest BCUT2D eigenvalue weighted by Crippen LogP contribution is -2.22. The smallest absolute Gasteiger partial charge is 0.341 e. The van der Waals surface area contributed by atoms with Gasteiger partial charge in [-0.1, -0.05) is 6.92 Å². The number of esters is 2. The molecule has 10 heteroatoms. The van der Waals surface area contributed by atoms with Crippen molar-refractivity contribution in [3.05, 3.63) is 45.8 Å². The molecule has 32 heavy (non-hydrogen) atoms. The summed E-state index contributed by atoms with van der Waals surface area (Å²) >= 11 is 1.35. The Morgan fingerprint density at radius 3 is 2.44 bits per heavy atom. The Balaban J connectivity index is 1.68. The highest BCUT2D eigenvalue weighted by atomic mass is 32.2. The lowest BCUT2D eigenvalue weighted by Gasteiger charge is -2.18. The van der Waals surface area contributed by atoms with Crippen molar-refractivity contribution in [3.63, 3.8) is 0 Å². The molecule has 0 unspecified atom stereocenters. The number of nitrogens with one attached hydrogen (secondary N) is 1. The van der Waals surface area contributed by atoms with Crippen molar-refractivity contribution in [1.82, 2.24) is 0 Å². The van der Waals surface area contributed by atoms with Gasteiger partial charge in [0.05, 0.1) is 22.6 Å². The molecule has 1 aromatic heterocycles. The third-order valence-electron chi connectivity index (χ3n) is 5.10. The third-order valence-corrected chi connectivity index (χ3v) is 7.39. The van der Waals surface area contributed by atoms with Crippen molar-refractivity contribution in [1.29, 1.82) is 0 Å². The highest BCUT2D eigenvalue weighted by Crippen LogP contribution is 2.40. The fourth-order valence-electron chi connectivity index (χ4n) is 3.47. The van der Waals surface area contributed by atoms with E-state index in [2.05, 4.69) is 12.2 Å². The number of thiophene rings is 1. The highest BCUT2D eigenvalue weighted by Gasteiger charge is 2.29. The van der Waals surface area contributed by atoms with Crippen LogP contribution in [0.5, 0.6) is 0 Å². The molecule has 1 aliphatic carbocycles. The van der Waals surface area contributed by atoms with Crippen LogP contribution in [0, 0.1) is 5.92 Å². The van der Waals surface area contributed by atoms with Crippen LogP contribution in [0.15, 0.2) is 29.2 Å². The van der Waals surface area contributed by atoms with Crippen LogP contribution in [0.4, 0.5) is 5.00 Å². The van der Waals surface area contributed by atoms with Crippen molar-refractivity contribution in [2.75, 3.05) is 24.8 Å². The first-order chi connectivity index (χ1) is 15.1. The van der Waals surface area contributed by atoms with E-state index in [0.717, 1.165) is 36.0 Å².